The van der Waals surface area contributed by atoms with E-state index in [9.17, 15) is 24.7 Å². The van der Waals surface area contributed by atoms with E-state index in [1.54, 1.807) is 24.3 Å². The first kappa shape index (κ1) is 23.3. The molecule has 2 amide bonds. The molecular formula is C19H25BN4O6. The number of benzene rings is 1. The number of aromatic hydroxyl groups is 1. The molecular weight excluding hydrogens is 391 g/mol. The summed E-state index contributed by atoms with van der Waals surface area (Å²) in [6, 6.07) is 5.64. The predicted molar refractivity (Wildman–Crippen MR) is 108 cm³/mol. The molecule has 2 aromatic rings. The zero-order valence-electron chi connectivity index (χ0n) is 16.6. The lowest BCUT2D eigenvalue weighted by Crippen LogP contribution is -2.55. The van der Waals surface area contributed by atoms with Crippen molar-refractivity contribution in [1.82, 2.24) is 20.6 Å². The summed E-state index contributed by atoms with van der Waals surface area (Å²) in [6.07, 6.45) is 5.52. The molecule has 11 heteroatoms. The summed E-state index contributed by atoms with van der Waals surface area (Å²) >= 11 is 0. The molecule has 160 valence electrons. The van der Waals surface area contributed by atoms with Gasteiger partial charge in [-0.05, 0) is 37.0 Å². The zero-order chi connectivity index (χ0) is 21.9. The van der Waals surface area contributed by atoms with Crippen molar-refractivity contribution in [3.8, 4) is 5.75 Å². The van der Waals surface area contributed by atoms with Crippen molar-refractivity contribution >= 4 is 18.9 Å². The van der Waals surface area contributed by atoms with Gasteiger partial charge in [0.25, 0.3) is 5.91 Å². The van der Waals surface area contributed by atoms with E-state index in [1.807, 2.05) is 0 Å². The Morgan fingerprint density at radius 2 is 1.90 bits per heavy atom. The van der Waals surface area contributed by atoms with E-state index in [4.69, 9.17) is 4.74 Å². The highest BCUT2D eigenvalue weighted by Crippen LogP contribution is 2.13. The van der Waals surface area contributed by atoms with Crippen molar-refractivity contribution in [1.29, 1.82) is 0 Å². The van der Waals surface area contributed by atoms with Gasteiger partial charge in [0.15, 0.2) is 0 Å². The van der Waals surface area contributed by atoms with Gasteiger partial charge in [-0.25, -0.2) is 4.98 Å². The summed E-state index contributed by atoms with van der Waals surface area (Å²) in [5, 5.41) is 33.6. The molecule has 0 saturated carbocycles. The quantitative estimate of drug-likeness (QED) is 0.306. The van der Waals surface area contributed by atoms with Crippen molar-refractivity contribution in [3.63, 3.8) is 0 Å². The van der Waals surface area contributed by atoms with Crippen LogP contribution < -0.4 is 10.6 Å². The van der Waals surface area contributed by atoms with Crippen LogP contribution in [0.3, 0.4) is 0 Å². The zero-order valence-corrected chi connectivity index (χ0v) is 16.6. The van der Waals surface area contributed by atoms with Crippen molar-refractivity contribution in [2.75, 3.05) is 13.7 Å². The number of amides is 2. The number of hydrogen-bond donors (Lipinski definition) is 5. The van der Waals surface area contributed by atoms with Gasteiger partial charge in [0.1, 0.15) is 17.5 Å². The van der Waals surface area contributed by atoms with E-state index >= 15 is 0 Å². The third kappa shape index (κ3) is 7.43. The van der Waals surface area contributed by atoms with Crippen LogP contribution in [0.15, 0.2) is 42.9 Å². The Morgan fingerprint density at radius 1 is 1.17 bits per heavy atom. The average Bonchev–Trinajstić information content (AvgIpc) is 2.74. The molecule has 0 bridgehead atoms. The Hall–Kier alpha value is -3.02. The minimum atomic E-state index is -1.77. The number of carbonyl (C=O) groups is 2. The van der Waals surface area contributed by atoms with Crippen LogP contribution in [-0.2, 0) is 16.0 Å². The maximum Gasteiger partial charge on any atom is 0.475 e. The highest BCUT2D eigenvalue weighted by Gasteiger charge is 2.29. The van der Waals surface area contributed by atoms with Gasteiger partial charge in [-0.2, -0.15) is 0 Å². The fourth-order valence-electron chi connectivity index (χ4n) is 2.77. The Kier molecular flexibility index (Phi) is 9.20. The Morgan fingerprint density at radius 3 is 2.50 bits per heavy atom. The SMILES string of the molecule is COCC(NC(=O)c1cnccn1)C(=O)N[C@@H](CCCc1ccc(O)cc1)B(O)O. The molecule has 1 aromatic heterocycles. The molecule has 1 unspecified atom stereocenters. The Labute approximate surface area is 174 Å². The number of aromatic nitrogens is 2. The fraction of sp³-hybridized carbons (Fsp3) is 0.368. The number of aryl methyl sites for hydroxylation is 1. The molecule has 0 radical (unpaired) electrons. The summed E-state index contributed by atoms with van der Waals surface area (Å²) < 4.78 is 5.00. The van der Waals surface area contributed by atoms with Crippen LogP contribution in [0, 0.1) is 0 Å². The third-order valence-electron chi connectivity index (χ3n) is 4.36. The van der Waals surface area contributed by atoms with Gasteiger partial charge < -0.3 is 30.5 Å². The summed E-state index contributed by atoms with van der Waals surface area (Å²) in [5.41, 5.74) is 1.01. The highest BCUT2D eigenvalue weighted by atomic mass is 16.5. The van der Waals surface area contributed by atoms with Gasteiger partial charge in [0, 0.05) is 19.5 Å². The number of ether oxygens (including phenoxy) is 1. The third-order valence-corrected chi connectivity index (χ3v) is 4.36. The predicted octanol–water partition coefficient (Wildman–Crippen LogP) is -0.553. The van der Waals surface area contributed by atoms with E-state index in [-0.39, 0.29) is 18.1 Å². The van der Waals surface area contributed by atoms with E-state index < -0.39 is 30.9 Å². The van der Waals surface area contributed by atoms with Gasteiger partial charge >= 0.3 is 7.12 Å². The highest BCUT2D eigenvalue weighted by molar-refractivity contribution is 6.43. The standard InChI is InChI=1S/C19H25BN4O6/c1-30-12-16(23-18(26)15-11-21-9-10-22-15)19(27)24-17(20(28)29)4-2-3-13-5-7-14(25)8-6-13/h5-11,16-17,25,28-29H,2-4,12H2,1H3,(H,23,26)(H,24,27)/t16?,17-/m0/s1. The molecule has 1 heterocycles. The first-order chi connectivity index (χ1) is 14.4. The number of phenolic OH excluding ortho intramolecular Hbond substituents is 1. The van der Waals surface area contributed by atoms with Crippen molar-refractivity contribution < 1.29 is 29.5 Å². The van der Waals surface area contributed by atoms with Crippen LogP contribution >= 0.6 is 0 Å². The monoisotopic (exact) mass is 416 g/mol. The van der Waals surface area contributed by atoms with Crippen molar-refractivity contribution in [2.45, 2.75) is 31.2 Å². The summed E-state index contributed by atoms with van der Waals surface area (Å²) in [4.78, 5) is 32.5. The molecule has 30 heavy (non-hydrogen) atoms. The minimum Gasteiger partial charge on any atom is -0.508 e. The molecule has 0 aliphatic carbocycles. The van der Waals surface area contributed by atoms with Crippen LogP contribution in [0.4, 0.5) is 0 Å². The van der Waals surface area contributed by atoms with Gasteiger partial charge in [-0.1, -0.05) is 12.1 Å². The second kappa shape index (κ2) is 11.9. The van der Waals surface area contributed by atoms with Gasteiger partial charge in [0.05, 0.1) is 18.7 Å². The number of phenols is 1. The fourth-order valence-corrected chi connectivity index (χ4v) is 2.77. The molecule has 0 aliphatic heterocycles. The summed E-state index contributed by atoms with van der Waals surface area (Å²) in [6.45, 7) is -0.112. The molecule has 0 aliphatic rings. The van der Waals surface area contributed by atoms with Gasteiger partial charge in [-0.15, -0.1) is 0 Å². The molecule has 1 aromatic carbocycles. The van der Waals surface area contributed by atoms with E-state index in [0.29, 0.717) is 19.3 Å². The van der Waals surface area contributed by atoms with Crippen LogP contribution in [0.1, 0.15) is 28.9 Å². The maximum absolute atomic E-state index is 12.6. The van der Waals surface area contributed by atoms with Crippen LogP contribution in [0.25, 0.3) is 0 Å². The summed E-state index contributed by atoms with van der Waals surface area (Å²) in [5.74, 6) is -1.98. The number of carbonyl (C=O) groups excluding carboxylic acids is 2. The molecule has 2 rings (SSSR count). The normalized spacial score (nSPS) is 12.6. The number of nitrogens with one attached hydrogen (secondary N) is 2. The minimum absolute atomic E-state index is 0.0408. The van der Waals surface area contributed by atoms with E-state index in [0.717, 1.165) is 5.56 Å². The second-order valence-corrected chi connectivity index (χ2v) is 6.66. The van der Waals surface area contributed by atoms with Gasteiger partial charge in [0.2, 0.25) is 5.91 Å². The average molecular weight is 416 g/mol. The largest absolute Gasteiger partial charge is 0.508 e. The molecule has 10 nitrogen and oxygen atoms in total. The van der Waals surface area contributed by atoms with Gasteiger partial charge in [-0.3, -0.25) is 14.6 Å². The molecule has 0 spiro atoms. The first-order valence-electron chi connectivity index (χ1n) is 9.41. The number of hydrogen-bond acceptors (Lipinski definition) is 8. The lowest BCUT2D eigenvalue weighted by atomic mass is 9.76. The second-order valence-electron chi connectivity index (χ2n) is 6.66. The van der Waals surface area contributed by atoms with Crippen molar-refractivity contribution in [3.05, 3.63) is 54.1 Å². The van der Waals surface area contributed by atoms with Crippen molar-refractivity contribution in [2.24, 2.45) is 0 Å². The lowest BCUT2D eigenvalue weighted by Gasteiger charge is -2.22. The number of nitrogens with zero attached hydrogens (tertiary/aromatic N) is 2. The molecule has 2 atom stereocenters. The summed E-state index contributed by atoms with van der Waals surface area (Å²) in [7, 11) is -0.391. The van der Waals surface area contributed by atoms with Crippen LogP contribution in [0.2, 0.25) is 0 Å². The Balaban J connectivity index is 1.92. The Bertz CT molecular complexity index is 806. The topological polar surface area (TPSA) is 154 Å². The first-order valence-corrected chi connectivity index (χ1v) is 9.41. The maximum atomic E-state index is 12.6. The number of rotatable bonds is 11. The van der Waals surface area contributed by atoms with E-state index in [1.165, 1.54) is 25.7 Å². The smallest absolute Gasteiger partial charge is 0.475 e. The van der Waals surface area contributed by atoms with Crippen LogP contribution in [0.5, 0.6) is 5.75 Å². The molecule has 0 fully saturated rings. The van der Waals surface area contributed by atoms with E-state index in [2.05, 4.69) is 20.6 Å². The molecule has 0 saturated heterocycles. The van der Waals surface area contributed by atoms with Crippen LogP contribution in [-0.4, -0.2) is 69.8 Å². The lowest BCUT2D eigenvalue weighted by molar-refractivity contribution is -0.124. The molecule has 5 N–H and O–H groups in total. The number of methoxy groups -OCH3 is 1.